The molecule has 1 aliphatic carbocycles. The Balaban J connectivity index is 1.51. The van der Waals surface area contributed by atoms with Crippen molar-refractivity contribution in [1.29, 1.82) is 0 Å². The molecule has 1 aromatic carbocycles. The molecule has 8 nitrogen and oxygen atoms in total. The second-order valence-corrected chi connectivity index (χ2v) is 10.4. The summed E-state index contributed by atoms with van der Waals surface area (Å²) in [6.45, 7) is 7.95. The van der Waals surface area contributed by atoms with Gasteiger partial charge in [0.15, 0.2) is 0 Å². The lowest BCUT2D eigenvalue weighted by Crippen LogP contribution is -2.58. The van der Waals surface area contributed by atoms with E-state index in [-0.39, 0.29) is 11.1 Å². The van der Waals surface area contributed by atoms with Crippen LogP contribution in [0.15, 0.2) is 30.5 Å². The van der Waals surface area contributed by atoms with E-state index in [2.05, 4.69) is 77.3 Å². The molecule has 2 aliphatic rings. The Morgan fingerprint density at radius 1 is 1.11 bits per heavy atom. The molecule has 35 heavy (non-hydrogen) atoms. The summed E-state index contributed by atoms with van der Waals surface area (Å²) >= 11 is 0. The summed E-state index contributed by atoms with van der Waals surface area (Å²) in [5.41, 5.74) is 4.26. The first-order valence-electron chi connectivity index (χ1n) is 12.6. The van der Waals surface area contributed by atoms with Crippen LogP contribution >= 0.6 is 0 Å². The Morgan fingerprint density at radius 3 is 2.43 bits per heavy atom. The predicted molar refractivity (Wildman–Crippen MR) is 140 cm³/mol. The number of nitrogens with zero attached hydrogens (tertiary/aromatic N) is 5. The first kappa shape index (κ1) is 25.4. The number of aromatic nitrogens is 2. The Labute approximate surface area is 209 Å². The molecule has 1 saturated heterocycles. The summed E-state index contributed by atoms with van der Waals surface area (Å²) in [7, 11) is 6.42. The maximum atomic E-state index is 11.7. The molecular weight excluding hydrogens is 440 g/mol. The highest BCUT2D eigenvalue weighted by Crippen LogP contribution is 2.45. The fraction of sp³-hybridized carbons (Fsp3) is 0.593. The highest BCUT2D eigenvalue weighted by atomic mass is 16.5. The highest BCUT2D eigenvalue weighted by molar-refractivity contribution is 5.53. The number of carbonyl (C=O) groups excluding carboxylic acids is 1. The highest BCUT2D eigenvalue weighted by Gasteiger charge is 2.45. The number of aryl methyl sites for hydroxylation is 2. The van der Waals surface area contributed by atoms with E-state index in [9.17, 15) is 4.79 Å². The van der Waals surface area contributed by atoms with Gasteiger partial charge in [0.1, 0.15) is 0 Å². The fourth-order valence-electron chi connectivity index (χ4n) is 5.82. The van der Waals surface area contributed by atoms with Gasteiger partial charge in [-0.15, -0.1) is 0 Å². The molecule has 2 heterocycles. The smallest absolute Gasteiger partial charge is 0.225 e. The zero-order valence-corrected chi connectivity index (χ0v) is 21.9. The van der Waals surface area contributed by atoms with Gasteiger partial charge in [0, 0.05) is 32.2 Å². The van der Waals surface area contributed by atoms with Crippen molar-refractivity contribution >= 4 is 18.0 Å². The zero-order chi connectivity index (χ0) is 25.1. The molecule has 1 aromatic heterocycles. The van der Waals surface area contributed by atoms with Crippen molar-refractivity contribution in [1.82, 2.24) is 20.2 Å². The summed E-state index contributed by atoms with van der Waals surface area (Å²) in [5.74, 6) is 0.760. The summed E-state index contributed by atoms with van der Waals surface area (Å²) < 4.78 is 5.45. The van der Waals surface area contributed by atoms with Crippen molar-refractivity contribution in [3.8, 4) is 0 Å². The molecule has 0 bridgehead atoms. The van der Waals surface area contributed by atoms with Gasteiger partial charge in [0.25, 0.3) is 0 Å². The normalized spacial score (nSPS) is 24.9. The molecule has 2 aromatic rings. The topological polar surface area (TPSA) is 73.8 Å². The number of rotatable bonds is 8. The molecule has 0 radical (unpaired) electrons. The van der Waals surface area contributed by atoms with Gasteiger partial charge in [-0.2, -0.15) is 0 Å². The van der Waals surface area contributed by atoms with Gasteiger partial charge < -0.3 is 19.9 Å². The van der Waals surface area contributed by atoms with Crippen LogP contribution in [0.4, 0.5) is 11.6 Å². The van der Waals surface area contributed by atoms with E-state index < -0.39 is 0 Å². The summed E-state index contributed by atoms with van der Waals surface area (Å²) in [4.78, 5) is 27.9. The lowest BCUT2D eigenvalue weighted by Gasteiger charge is -2.51. The van der Waals surface area contributed by atoms with Gasteiger partial charge in [-0.1, -0.05) is 29.8 Å². The van der Waals surface area contributed by atoms with E-state index in [1.165, 1.54) is 11.1 Å². The Hall–Kier alpha value is -2.71. The largest absolute Gasteiger partial charge is 0.378 e. The van der Waals surface area contributed by atoms with Crippen LogP contribution in [0.2, 0.25) is 0 Å². The average molecular weight is 481 g/mol. The number of hydrogen-bond acceptors (Lipinski definition) is 7. The lowest BCUT2D eigenvalue weighted by molar-refractivity contribution is -0.112. The van der Waals surface area contributed by atoms with Crippen LogP contribution in [0.1, 0.15) is 42.5 Å². The van der Waals surface area contributed by atoms with Gasteiger partial charge in [-0.3, -0.25) is 9.69 Å². The minimum atomic E-state index is -0.296. The van der Waals surface area contributed by atoms with Crippen LogP contribution in [-0.2, 0) is 15.1 Å². The van der Waals surface area contributed by atoms with Crippen molar-refractivity contribution < 1.29 is 9.53 Å². The van der Waals surface area contributed by atoms with Gasteiger partial charge >= 0.3 is 0 Å². The molecule has 1 N–H and O–H groups in total. The number of amides is 1. The summed E-state index contributed by atoms with van der Waals surface area (Å²) in [6.07, 6.45) is 6.53. The SMILES string of the molecule is Cc1cccc(C2(N(C)C)CCC(CN(C)c3cnc(N4CCOCC4)nc3C)(NC=O)CC2)c1. The average Bonchev–Trinajstić information content (AvgIpc) is 2.85. The van der Waals surface area contributed by atoms with Gasteiger partial charge in [-0.25, -0.2) is 9.97 Å². The van der Waals surface area contributed by atoms with E-state index in [0.717, 1.165) is 62.5 Å². The number of benzene rings is 1. The molecule has 1 saturated carbocycles. The molecule has 0 spiro atoms. The third-order valence-electron chi connectivity index (χ3n) is 8.00. The van der Waals surface area contributed by atoms with E-state index in [1.54, 1.807) is 0 Å². The molecule has 2 fully saturated rings. The van der Waals surface area contributed by atoms with Crippen LogP contribution in [0.3, 0.4) is 0 Å². The molecule has 1 amide bonds. The number of hydrogen-bond donors (Lipinski definition) is 1. The number of carbonyl (C=O) groups is 1. The second kappa shape index (κ2) is 10.5. The van der Waals surface area contributed by atoms with Crippen LogP contribution in [-0.4, -0.2) is 80.8 Å². The quantitative estimate of drug-likeness (QED) is 0.583. The number of nitrogens with one attached hydrogen (secondary N) is 1. The van der Waals surface area contributed by atoms with Crippen LogP contribution in [0.5, 0.6) is 0 Å². The molecule has 0 unspecified atom stereocenters. The Morgan fingerprint density at radius 2 is 1.83 bits per heavy atom. The number of likely N-dealkylation sites (N-methyl/N-ethyl adjacent to an activating group) is 1. The monoisotopic (exact) mass is 480 g/mol. The van der Waals surface area contributed by atoms with E-state index >= 15 is 0 Å². The molecule has 190 valence electrons. The molecule has 8 heteroatoms. The van der Waals surface area contributed by atoms with E-state index in [0.29, 0.717) is 19.8 Å². The van der Waals surface area contributed by atoms with Crippen molar-refractivity contribution in [2.45, 2.75) is 50.6 Å². The van der Waals surface area contributed by atoms with E-state index in [1.807, 2.05) is 13.1 Å². The van der Waals surface area contributed by atoms with E-state index in [4.69, 9.17) is 9.72 Å². The number of morpholine rings is 1. The Kier molecular flexibility index (Phi) is 7.62. The van der Waals surface area contributed by atoms with Crippen molar-refractivity contribution in [3.63, 3.8) is 0 Å². The van der Waals surface area contributed by atoms with Crippen LogP contribution in [0.25, 0.3) is 0 Å². The molecule has 4 rings (SSSR count). The third-order valence-corrected chi connectivity index (χ3v) is 8.00. The molecule has 0 atom stereocenters. The fourth-order valence-corrected chi connectivity index (χ4v) is 5.82. The first-order valence-corrected chi connectivity index (χ1v) is 12.6. The third kappa shape index (κ3) is 5.28. The second-order valence-electron chi connectivity index (χ2n) is 10.4. The van der Waals surface area contributed by atoms with Gasteiger partial charge in [0.05, 0.1) is 36.3 Å². The lowest BCUT2D eigenvalue weighted by atomic mass is 9.68. The van der Waals surface area contributed by atoms with Gasteiger partial charge in [-0.05, 0) is 59.2 Å². The van der Waals surface area contributed by atoms with Crippen molar-refractivity contribution in [2.24, 2.45) is 0 Å². The van der Waals surface area contributed by atoms with Crippen molar-refractivity contribution in [3.05, 3.63) is 47.3 Å². The summed E-state index contributed by atoms with van der Waals surface area (Å²) in [5, 5.41) is 3.22. The van der Waals surface area contributed by atoms with Crippen LogP contribution in [0, 0.1) is 13.8 Å². The first-order chi connectivity index (χ1) is 16.8. The van der Waals surface area contributed by atoms with Gasteiger partial charge in [0.2, 0.25) is 12.4 Å². The van der Waals surface area contributed by atoms with Crippen molar-refractivity contribution in [2.75, 3.05) is 63.8 Å². The number of anilines is 2. The Bertz CT molecular complexity index is 1010. The maximum Gasteiger partial charge on any atom is 0.225 e. The zero-order valence-electron chi connectivity index (χ0n) is 21.9. The molecular formula is C27H40N6O2. The minimum Gasteiger partial charge on any atom is -0.378 e. The minimum absolute atomic E-state index is 0.0303. The number of ether oxygens (including phenoxy) is 1. The summed E-state index contributed by atoms with van der Waals surface area (Å²) in [6, 6.07) is 8.86. The predicted octanol–water partition coefficient (Wildman–Crippen LogP) is 2.88. The maximum absolute atomic E-state index is 11.7. The molecule has 1 aliphatic heterocycles. The van der Waals surface area contributed by atoms with Crippen LogP contribution < -0.4 is 15.1 Å². The standard InChI is InChI=1S/C27H40N6O2/c1-21-7-6-8-23(17-21)27(31(3)4)11-9-26(10-12-27,29-20-34)19-32(5)24-18-28-25(30-22(24)2)33-13-15-35-16-14-33/h6-8,17-18,20H,9-16,19H2,1-5H3,(H,29,34).